The number of unbranched alkanes of at least 4 members (excludes halogenated alkanes) is 1. The fourth-order valence-corrected chi connectivity index (χ4v) is 0.328. The molecule has 0 aromatic rings. The molecular formula is C5H10O2Rb. The monoisotopic (exact) mass is 187 g/mol. The van der Waals surface area contributed by atoms with Gasteiger partial charge in [0.1, 0.15) is 0 Å². The van der Waals surface area contributed by atoms with Gasteiger partial charge < -0.3 is 5.11 Å². The molecule has 3 heteroatoms. The van der Waals surface area contributed by atoms with Crippen LogP contribution in [0, 0.1) is 0 Å². The van der Waals surface area contributed by atoms with Crippen LogP contribution in [0.3, 0.4) is 0 Å². The standard InChI is InChI=1S/C5H10O2.Rb/c1-2-3-4-5(6)7;/h2-4H2,1H3,(H,6,7);. The number of carbonyl (C=O) groups is 1. The van der Waals surface area contributed by atoms with Crippen molar-refractivity contribution in [3.8, 4) is 0 Å². The van der Waals surface area contributed by atoms with Crippen LogP contribution in [0.15, 0.2) is 0 Å². The Morgan fingerprint density at radius 1 is 1.62 bits per heavy atom. The Balaban J connectivity index is 0. The zero-order chi connectivity index (χ0) is 5.70. The average Bonchev–Trinajstić information content (AvgIpc) is 1.61. The third-order valence-electron chi connectivity index (χ3n) is 0.744. The van der Waals surface area contributed by atoms with Gasteiger partial charge in [0.15, 0.2) is 0 Å². The third-order valence-corrected chi connectivity index (χ3v) is 0.744. The van der Waals surface area contributed by atoms with E-state index in [0.717, 1.165) is 12.8 Å². The van der Waals surface area contributed by atoms with Crippen LogP contribution in [0.2, 0.25) is 0 Å². The van der Waals surface area contributed by atoms with Crippen molar-refractivity contribution in [2.24, 2.45) is 0 Å². The van der Waals surface area contributed by atoms with Crippen molar-refractivity contribution in [1.29, 1.82) is 0 Å². The van der Waals surface area contributed by atoms with E-state index < -0.39 is 5.97 Å². The molecule has 8 heavy (non-hydrogen) atoms. The molecule has 0 bridgehead atoms. The first-order chi connectivity index (χ1) is 3.27. The first-order valence-electron chi connectivity index (χ1n) is 2.49. The molecule has 2 nitrogen and oxygen atoms in total. The van der Waals surface area contributed by atoms with Crippen LogP contribution >= 0.6 is 0 Å². The van der Waals surface area contributed by atoms with Gasteiger partial charge in [0.2, 0.25) is 0 Å². The van der Waals surface area contributed by atoms with E-state index in [4.69, 9.17) is 5.11 Å². The Bertz CT molecular complexity index is 63.4. The van der Waals surface area contributed by atoms with Crippen LogP contribution in [0.25, 0.3) is 0 Å². The largest absolute Gasteiger partial charge is 0.481 e. The number of hydrogen-bond acceptors (Lipinski definition) is 1. The summed E-state index contributed by atoms with van der Waals surface area (Å²) in [5.41, 5.74) is 0. The Morgan fingerprint density at radius 3 is 2.25 bits per heavy atom. The summed E-state index contributed by atoms with van der Waals surface area (Å²) >= 11 is 0. The molecule has 0 aromatic heterocycles. The minimum absolute atomic E-state index is 0. The summed E-state index contributed by atoms with van der Waals surface area (Å²) in [6.07, 6.45) is 2.08. The Hall–Kier alpha value is 1.28. The van der Waals surface area contributed by atoms with Crippen molar-refractivity contribution in [3.05, 3.63) is 0 Å². The van der Waals surface area contributed by atoms with Crippen molar-refractivity contribution in [3.63, 3.8) is 0 Å². The molecule has 0 aliphatic heterocycles. The number of rotatable bonds is 3. The predicted octanol–water partition coefficient (Wildman–Crippen LogP) is 0.880. The van der Waals surface area contributed by atoms with Crippen LogP contribution in [0.4, 0.5) is 0 Å². The molecule has 0 amide bonds. The summed E-state index contributed by atoms with van der Waals surface area (Å²) in [5, 5.41) is 8.04. The summed E-state index contributed by atoms with van der Waals surface area (Å²) in [6.45, 7) is 1.98. The van der Waals surface area contributed by atoms with Gasteiger partial charge >= 0.3 is 5.97 Å². The summed E-state index contributed by atoms with van der Waals surface area (Å²) < 4.78 is 0. The van der Waals surface area contributed by atoms with Crippen molar-refractivity contribution >= 4 is 64.2 Å². The minimum atomic E-state index is -0.693. The molecule has 0 aliphatic carbocycles. The molecule has 0 saturated carbocycles. The van der Waals surface area contributed by atoms with Gasteiger partial charge in [-0.05, 0) is 6.42 Å². The van der Waals surface area contributed by atoms with E-state index in [1.807, 2.05) is 6.92 Å². The van der Waals surface area contributed by atoms with Gasteiger partial charge in [-0.3, -0.25) is 4.79 Å². The Morgan fingerprint density at radius 2 is 2.12 bits per heavy atom. The van der Waals surface area contributed by atoms with Crippen LogP contribution in [-0.4, -0.2) is 69.3 Å². The van der Waals surface area contributed by atoms with Gasteiger partial charge in [-0.2, -0.15) is 0 Å². The molecule has 0 unspecified atom stereocenters. The maximum Gasteiger partial charge on any atom is 0.303 e. The van der Waals surface area contributed by atoms with Crippen LogP contribution in [0.5, 0.6) is 0 Å². The second-order valence-corrected chi connectivity index (χ2v) is 1.50. The van der Waals surface area contributed by atoms with Crippen LogP contribution < -0.4 is 0 Å². The van der Waals surface area contributed by atoms with E-state index in [1.165, 1.54) is 0 Å². The molecule has 1 radical (unpaired) electrons. The van der Waals surface area contributed by atoms with E-state index >= 15 is 0 Å². The molecule has 1 N–H and O–H groups in total. The number of aliphatic carboxylic acids is 1. The smallest absolute Gasteiger partial charge is 0.303 e. The average molecular weight is 188 g/mol. The molecule has 0 fully saturated rings. The molecule has 0 spiro atoms. The minimum Gasteiger partial charge on any atom is -0.481 e. The molecule has 0 heterocycles. The fourth-order valence-electron chi connectivity index (χ4n) is 0.328. The van der Waals surface area contributed by atoms with E-state index in [9.17, 15) is 4.79 Å². The van der Waals surface area contributed by atoms with Crippen molar-refractivity contribution in [2.75, 3.05) is 0 Å². The topological polar surface area (TPSA) is 37.3 Å². The number of hydrogen-bond donors (Lipinski definition) is 1. The molecule has 0 aromatic carbocycles. The molecular weight excluding hydrogens is 178 g/mol. The summed E-state index contributed by atoms with van der Waals surface area (Å²) in [5.74, 6) is -0.693. The van der Waals surface area contributed by atoms with E-state index in [1.54, 1.807) is 0 Å². The second kappa shape index (κ2) is 8.28. The van der Waals surface area contributed by atoms with Crippen molar-refractivity contribution < 1.29 is 9.90 Å². The maximum absolute atomic E-state index is 9.76. The molecule has 0 rings (SSSR count). The Kier molecular flexibility index (Phi) is 12.4. The van der Waals surface area contributed by atoms with E-state index in [0.29, 0.717) is 6.42 Å². The first kappa shape index (κ1) is 12.0. The zero-order valence-electron chi connectivity index (χ0n) is 5.48. The van der Waals surface area contributed by atoms with Gasteiger partial charge in [0.05, 0.1) is 0 Å². The molecule has 0 aliphatic rings. The van der Waals surface area contributed by atoms with Gasteiger partial charge in [-0.25, -0.2) is 0 Å². The van der Waals surface area contributed by atoms with Crippen LogP contribution in [-0.2, 0) is 4.79 Å². The number of carboxylic acids is 1. The number of carboxylic acid groups (broad SMARTS) is 1. The summed E-state index contributed by atoms with van der Waals surface area (Å²) in [7, 11) is 0. The predicted molar refractivity (Wildman–Crippen MR) is 32.9 cm³/mol. The van der Waals surface area contributed by atoms with Gasteiger partial charge in [0, 0.05) is 64.6 Å². The Labute approximate surface area is 98.4 Å². The molecule has 0 saturated heterocycles. The van der Waals surface area contributed by atoms with Gasteiger partial charge in [-0.1, -0.05) is 13.3 Å². The maximum atomic E-state index is 9.76. The first-order valence-corrected chi connectivity index (χ1v) is 2.49. The van der Waals surface area contributed by atoms with Gasteiger partial charge in [0.25, 0.3) is 0 Å². The third kappa shape index (κ3) is 10.3. The summed E-state index contributed by atoms with van der Waals surface area (Å²) in [6, 6.07) is 0. The van der Waals surface area contributed by atoms with Crippen molar-refractivity contribution in [2.45, 2.75) is 26.2 Å². The zero-order valence-corrected chi connectivity index (χ0v) is 10.4. The van der Waals surface area contributed by atoms with Crippen molar-refractivity contribution in [1.82, 2.24) is 0 Å². The van der Waals surface area contributed by atoms with Crippen LogP contribution in [0.1, 0.15) is 26.2 Å². The van der Waals surface area contributed by atoms with E-state index in [-0.39, 0.29) is 58.2 Å². The second-order valence-electron chi connectivity index (χ2n) is 1.50. The molecule has 43 valence electrons. The quantitative estimate of drug-likeness (QED) is 0.712. The normalized spacial score (nSPS) is 7.62. The van der Waals surface area contributed by atoms with Gasteiger partial charge in [-0.15, -0.1) is 0 Å². The summed E-state index contributed by atoms with van der Waals surface area (Å²) in [4.78, 5) is 9.76. The fraction of sp³-hybridized carbons (Fsp3) is 0.800. The van der Waals surface area contributed by atoms with E-state index in [2.05, 4.69) is 0 Å². The SMILES string of the molecule is CCCCC(=O)O.[Rb]. The molecule has 0 atom stereocenters.